The van der Waals surface area contributed by atoms with Crippen LogP contribution >= 0.6 is 11.6 Å². The zero-order valence-corrected chi connectivity index (χ0v) is 9.37. The predicted octanol–water partition coefficient (Wildman–Crippen LogP) is 1.23. The van der Waals surface area contributed by atoms with Crippen LogP contribution in [0.5, 0.6) is 0 Å². The van der Waals surface area contributed by atoms with E-state index in [9.17, 15) is 14.7 Å². The molecule has 0 unspecified atom stereocenters. The van der Waals surface area contributed by atoms with Gasteiger partial charge in [-0.2, -0.15) is 0 Å². The summed E-state index contributed by atoms with van der Waals surface area (Å²) in [5.74, 6) is -0.380. The van der Waals surface area contributed by atoms with E-state index in [2.05, 4.69) is 0 Å². The number of carbonyl (C=O) groups excluding carboxylic acids is 2. The molecule has 0 aromatic rings. The summed E-state index contributed by atoms with van der Waals surface area (Å²) < 4.78 is 5.04. The van der Waals surface area contributed by atoms with E-state index in [1.165, 1.54) is 6.92 Å². The monoisotopic (exact) mass is 234 g/mol. The van der Waals surface area contributed by atoms with Gasteiger partial charge in [0.2, 0.25) is 5.24 Å². The SMILES string of the molecule is CC(=O)OC1CCC([C@@H](O)C(=O)Cl)CC1. The van der Waals surface area contributed by atoms with Crippen molar-refractivity contribution in [2.45, 2.75) is 44.8 Å². The summed E-state index contributed by atoms with van der Waals surface area (Å²) in [5, 5.41) is 8.73. The van der Waals surface area contributed by atoms with E-state index in [-0.39, 0.29) is 18.0 Å². The zero-order chi connectivity index (χ0) is 11.4. The van der Waals surface area contributed by atoms with E-state index in [1.807, 2.05) is 0 Å². The Balaban J connectivity index is 2.35. The van der Waals surface area contributed by atoms with Gasteiger partial charge in [-0.15, -0.1) is 0 Å². The molecule has 1 fully saturated rings. The van der Waals surface area contributed by atoms with Gasteiger partial charge in [0.05, 0.1) is 0 Å². The normalized spacial score (nSPS) is 28.2. The van der Waals surface area contributed by atoms with Crippen LogP contribution in [0.3, 0.4) is 0 Å². The molecule has 1 rings (SSSR count). The summed E-state index contributed by atoms with van der Waals surface area (Å²) in [6.07, 6.45) is 1.55. The fourth-order valence-corrected chi connectivity index (χ4v) is 2.12. The number of aliphatic hydroxyl groups is 1. The van der Waals surface area contributed by atoms with E-state index in [4.69, 9.17) is 16.3 Å². The molecule has 1 N–H and O–H groups in total. The zero-order valence-electron chi connectivity index (χ0n) is 8.61. The fourth-order valence-electron chi connectivity index (χ4n) is 1.94. The molecule has 0 aromatic heterocycles. The molecule has 15 heavy (non-hydrogen) atoms. The average molecular weight is 235 g/mol. The average Bonchev–Trinajstić information content (AvgIpc) is 2.17. The molecule has 1 atom stereocenters. The Kier molecular flexibility index (Phi) is 4.54. The van der Waals surface area contributed by atoms with Gasteiger partial charge in [-0.25, -0.2) is 0 Å². The van der Waals surface area contributed by atoms with Crippen molar-refractivity contribution in [2.75, 3.05) is 0 Å². The minimum absolute atomic E-state index is 0.0728. The van der Waals surface area contributed by atoms with Gasteiger partial charge in [0, 0.05) is 6.92 Å². The van der Waals surface area contributed by atoms with Crippen molar-refractivity contribution in [3.05, 3.63) is 0 Å². The van der Waals surface area contributed by atoms with Crippen LogP contribution in [0.15, 0.2) is 0 Å². The van der Waals surface area contributed by atoms with Gasteiger partial charge in [0.1, 0.15) is 12.2 Å². The second-order valence-corrected chi connectivity index (χ2v) is 4.27. The van der Waals surface area contributed by atoms with Gasteiger partial charge >= 0.3 is 5.97 Å². The Morgan fingerprint density at radius 1 is 1.33 bits per heavy atom. The first kappa shape index (κ1) is 12.5. The smallest absolute Gasteiger partial charge is 0.302 e. The summed E-state index contributed by atoms with van der Waals surface area (Å²) in [5.41, 5.74) is 0. The van der Waals surface area contributed by atoms with Crippen LogP contribution in [0.25, 0.3) is 0 Å². The second-order valence-electron chi connectivity index (χ2n) is 3.90. The van der Waals surface area contributed by atoms with Gasteiger partial charge < -0.3 is 9.84 Å². The first-order valence-corrected chi connectivity index (χ1v) is 5.43. The first-order valence-electron chi connectivity index (χ1n) is 5.05. The van der Waals surface area contributed by atoms with Gasteiger partial charge in [-0.1, -0.05) is 0 Å². The third kappa shape index (κ3) is 3.80. The molecule has 0 spiro atoms. The Morgan fingerprint density at radius 2 is 1.87 bits per heavy atom. The molecule has 0 aliphatic heterocycles. The van der Waals surface area contributed by atoms with E-state index >= 15 is 0 Å². The minimum atomic E-state index is -1.08. The lowest BCUT2D eigenvalue weighted by Crippen LogP contribution is -2.32. The number of hydrogen-bond donors (Lipinski definition) is 1. The van der Waals surface area contributed by atoms with Crippen LogP contribution in [0, 0.1) is 5.92 Å². The van der Waals surface area contributed by atoms with E-state index in [1.54, 1.807) is 0 Å². The molecule has 0 radical (unpaired) electrons. The summed E-state index contributed by atoms with van der Waals surface area (Å²) in [4.78, 5) is 21.4. The maximum Gasteiger partial charge on any atom is 0.302 e. The molecule has 4 nitrogen and oxygen atoms in total. The largest absolute Gasteiger partial charge is 0.463 e. The van der Waals surface area contributed by atoms with Gasteiger partial charge in [-0.3, -0.25) is 9.59 Å². The summed E-state index contributed by atoms with van der Waals surface area (Å²) in [6, 6.07) is 0. The van der Waals surface area contributed by atoms with Gasteiger partial charge in [0.15, 0.2) is 0 Å². The molecule has 0 bridgehead atoms. The van der Waals surface area contributed by atoms with E-state index in [0.29, 0.717) is 25.7 Å². The Labute approximate surface area is 93.6 Å². The molecule has 1 saturated carbocycles. The highest BCUT2D eigenvalue weighted by atomic mass is 35.5. The van der Waals surface area contributed by atoms with Crippen molar-refractivity contribution in [3.8, 4) is 0 Å². The molecule has 0 amide bonds. The second kappa shape index (κ2) is 5.47. The third-order valence-electron chi connectivity index (χ3n) is 2.73. The molecule has 1 aliphatic carbocycles. The minimum Gasteiger partial charge on any atom is -0.463 e. The quantitative estimate of drug-likeness (QED) is 0.589. The highest BCUT2D eigenvalue weighted by molar-refractivity contribution is 6.64. The number of ether oxygens (including phenoxy) is 1. The van der Waals surface area contributed by atoms with Gasteiger partial charge in [-0.05, 0) is 43.2 Å². The molecule has 1 aliphatic rings. The molecule has 5 heteroatoms. The molecule has 86 valence electrons. The standard InChI is InChI=1S/C10H15ClO4/c1-6(12)15-8-4-2-7(3-5-8)9(13)10(11)14/h7-9,13H,2-5H2,1H3/t7?,8?,9-/m1/s1. The summed E-state index contributed by atoms with van der Waals surface area (Å²) in [7, 11) is 0. The van der Waals surface area contributed by atoms with Crippen LogP contribution in [0.1, 0.15) is 32.6 Å². The van der Waals surface area contributed by atoms with Gasteiger partial charge in [0.25, 0.3) is 0 Å². The van der Waals surface area contributed by atoms with Crippen molar-refractivity contribution in [1.82, 2.24) is 0 Å². The van der Waals surface area contributed by atoms with Crippen LogP contribution in [-0.2, 0) is 14.3 Å². The van der Waals surface area contributed by atoms with E-state index < -0.39 is 11.3 Å². The number of esters is 1. The molecule has 0 aromatic carbocycles. The first-order chi connectivity index (χ1) is 7.00. The number of aliphatic hydroxyl groups excluding tert-OH is 1. The Bertz CT molecular complexity index is 246. The van der Waals surface area contributed by atoms with Crippen LogP contribution in [0.2, 0.25) is 0 Å². The Morgan fingerprint density at radius 3 is 2.27 bits per heavy atom. The molecular weight excluding hydrogens is 220 g/mol. The third-order valence-corrected chi connectivity index (χ3v) is 2.95. The molecular formula is C10H15ClO4. The van der Waals surface area contributed by atoms with Crippen LogP contribution < -0.4 is 0 Å². The maximum absolute atomic E-state index is 10.7. The summed E-state index contributed by atoms with van der Waals surface area (Å²) in [6.45, 7) is 1.38. The lowest BCUT2D eigenvalue weighted by atomic mass is 9.84. The number of halogens is 1. The highest BCUT2D eigenvalue weighted by Crippen LogP contribution is 2.29. The lowest BCUT2D eigenvalue weighted by molar-refractivity contribution is -0.149. The number of carbonyl (C=O) groups is 2. The lowest BCUT2D eigenvalue weighted by Gasteiger charge is -2.29. The number of hydrogen-bond acceptors (Lipinski definition) is 4. The maximum atomic E-state index is 10.7. The predicted molar refractivity (Wildman–Crippen MR) is 54.4 cm³/mol. The van der Waals surface area contributed by atoms with Crippen molar-refractivity contribution < 1.29 is 19.4 Å². The highest BCUT2D eigenvalue weighted by Gasteiger charge is 2.30. The van der Waals surface area contributed by atoms with Crippen molar-refractivity contribution in [3.63, 3.8) is 0 Å². The van der Waals surface area contributed by atoms with Crippen LogP contribution in [-0.4, -0.2) is 28.5 Å². The van der Waals surface area contributed by atoms with Crippen molar-refractivity contribution in [2.24, 2.45) is 5.92 Å². The van der Waals surface area contributed by atoms with E-state index in [0.717, 1.165) is 0 Å². The fraction of sp³-hybridized carbons (Fsp3) is 0.800. The van der Waals surface area contributed by atoms with Crippen molar-refractivity contribution >= 4 is 22.8 Å². The van der Waals surface area contributed by atoms with Crippen molar-refractivity contribution in [1.29, 1.82) is 0 Å². The molecule has 0 heterocycles. The Hall–Kier alpha value is -0.610. The number of rotatable bonds is 3. The molecule has 0 saturated heterocycles. The summed E-state index contributed by atoms with van der Waals surface area (Å²) >= 11 is 5.21. The van der Waals surface area contributed by atoms with Crippen LogP contribution in [0.4, 0.5) is 0 Å². The topological polar surface area (TPSA) is 63.6 Å².